The van der Waals surface area contributed by atoms with Gasteiger partial charge in [-0.25, -0.2) is 9.59 Å². The maximum absolute atomic E-state index is 11.2. The fraction of sp³-hybridized carbons (Fsp3) is 0.500. The van der Waals surface area contributed by atoms with E-state index in [1.165, 1.54) is 10.5 Å². The molecule has 27 heavy (non-hydrogen) atoms. The van der Waals surface area contributed by atoms with Crippen molar-refractivity contribution < 1.29 is 33.0 Å². The molecular weight excluding hydrogens is 365 g/mol. The number of aliphatic carboxylic acids is 2. The first-order chi connectivity index (χ1) is 12.4. The SMILES string of the molecule is CC(C)(CC1CCC(C(=O)O)N1C#N)c1ccccc1.O=C(O)C(F)(F)F. The van der Waals surface area contributed by atoms with Gasteiger partial charge in [0, 0.05) is 6.04 Å². The van der Waals surface area contributed by atoms with E-state index < -0.39 is 24.2 Å². The van der Waals surface area contributed by atoms with Crippen LogP contribution in [0, 0.1) is 11.5 Å². The molecule has 0 aromatic heterocycles. The molecule has 1 aromatic carbocycles. The van der Waals surface area contributed by atoms with Crippen LogP contribution in [0.2, 0.25) is 0 Å². The van der Waals surface area contributed by atoms with Crippen molar-refractivity contribution in [1.29, 1.82) is 5.26 Å². The fourth-order valence-electron chi connectivity index (χ4n) is 3.07. The second kappa shape index (κ2) is 8.75. The van der Waals surface area contributed by atoms with E-state index in [1.807, 2.05) is 18.2 Å². The Kier molecular flexibility index (Phi) is 7.22. The quantitative estimate of drug-likeness (QED) is 0.769. The number of carboxylic acid groups (broad SMARTS) is 2. The van der Waals surface area contributed by atoms with E-state index >= 15 is 0 Å². The summed E-state index contributed by atoms with van der Waals surface area (Å²) in [5.41, 5.74) is 1.14. The van der Waals surface area contributed by atoms with Crippen LogP contribution in [0.15, 0.2) is 30.3 Å². The molecule has 0 spiro atoms. The lowest BCUT2D eigenvalue weighted by atomic mass is 9.78. The smallest absolute Gasteiger partial charge is 0.480 e. The van der Waals surface area contributed by atoms with E-state index in [2.05, 4.69) is 32.2 Å². The Hall–Kier alpha value is -2.76. The summed E-state index contributed by atoms with van der Waals surface area (Å²) in [6, 6.07) is 9.52. The molecule has 0 saturated carbocycles. The zero-order valence-electron chi connectivity index (χ0n) is 14.9. The van der Waals surface area contributed by atoms with Gasteiger partial charge in [-0.15, -0.1) is 0 Å². The van der Waals surface area contributed by atoms with Crippen LogP contribution in [0.3, 0.4) is 0 Å². The Morgan fingerprint density at radius 3 is 2.11 bits per heavy atom. The Bertz CT molecular complexity index is 699. The topological polar surface area (TPSA) is 102 Å². The van der Waals surface area contributed by atoms with Crippen LogP contribution in [0.25, 0.3) is 0 Å². The third kappa shape index (κ3) is 6.16. The van der Waals surface area contributed by atoms with Crippen LogP contribution in [-0.2, 0) is 15.0 Å². The number of carbonyl (C=O) groups is 2. The Morgan fingerprint density at radius 1 is 1.19 bits per heavy atom. The predicted octanol–water partition coefficient (Wildman–Crippen LogP) is 3.39. The molecule has 1 aromatic rings. The molecule has 1 aliphatic heterocycles. The highest BCUT2D eigenvalue weighted by molar-refractivity contribution is 5.74. The number of hydrogen-bond acceptors (Lipinski definition) is 4. The lowest BCUT2D eigenvalue weighted by Gasteiger charge is -2.32. The van der Waals surface area contributed by atoms with E-state index in [4.69, 9.17) is 15.0 Å². The van der Waals surface area contributed by atoms with Gasteiger partial charge in [-0.2, -0.15) is 18.4 Å². The van der Waals surface area contributed by atoms with Crippen molar-refractivity contribution in [2.45, 2.75) is 56.8 Å². The molecule has 2 rings (SSSR count). The molecule has 0 radical (unpaired) electrons. The minimum atomic E-state index is -5.08. The van der Waals surface area contributed by atoms with Crippen LogP contribution in [-0.4, -0.2) is 45.3 Å². The Labute approximate surface area is 154 Å². The standard InChI is InChI=1S/C16H20N2O2.C2HF3O2/c1-16(2,12-6-4-3-5-7-12)10-13-8-9-14(15(19)20)18(13)11-17;3-2(4,5)1(6)7/h3-7,13-14H,8-10H2,1-2H3,(H,19,20);(H,6,7). The second-order valence-electron chi connectivity index (χ2n) is 6.85. The molecule has 2 N–H and O–H groups in total. The summed E-state index contributed by atoms with van der Waals surface area (Å²) in [6.45, 7) is 4.29. The maximum atomic E-state index is 11.2. The minimum Gasteiger partial charge on any atom is -0.480 e. The summed E-state index contributed by atoms with van der Waals surface area (Å²) < 4.78 is 31.7. The third-order valence-corrected chi connectivity index (χ3v) is 4.45. The van der Waals surface area contributed by atoms with E-state index in [-0.39, 0.29) is 11.5 Å². The van der Waals surface area contributed by atoms with Crippen molar-refractivity contribution in [2.75, 3.05) is 0 Å². The van der Waals surface area contributed by atoms with Gasteiger partial charge >= 0.3 is 18.1 Å². The lowest BCUT2D eigenvalue weighted by Crippen LogP contribution is -2.39. The number of nitriles is 1. The van der Waals surface area contributed by atoms with Crippen molar-refractivity contribution in [2.24, 2.45) is 0 Å². The zero-order valence-corrected chi connectivity index (χ0v) is 14.9. The lowest BCUT2D eigenvalue weighted by molar-refractivity contribution is -0.192. The summed E-state index contributed by atoms with van der Waals surface area (Å²) >= 11 is 0. The number of rotatable bonds is 4. The van der Waals surface area contributed by atoms with Gasteiger partial charge in [0.25, 0.3) is 0 Å². The van der Waals surface area contributed by atoms with Crippen LogP contribution in [0.5, 0.6) is 0 Å². The van der Waals surface area contributed by atoms with Gasteiger partial charge in [-0.05, 0) is 30.2 Å². The summed E-state index contributed by atoms with van der Waals surface area (Å²) in [7, 11) is 0. The summed E-state index contributed by atoms with van der Waals surface area (Å²) in [5, 5.41) is 25.5. The molecule has 0 amide bonds. The number of benzene rings is 1. The van der Waals surface area contributed by atoms with Gasteiger partial charge < -0.3 is 10.2 Å². The first-order valence-corrected chi connectivity index (χ1v) is 8.16. The van der Waals surface area contributed by atoms with Gasteiger partial charge in [0.1, 0.15) is 6.04 Å². The van der Waals surface area contributed by atoms with Crippen molar-refractivity contribution in [1.82, 2.24) is 4.90 Å². The van der Waals surface area contributed by atoms with Crippen LogP contribution < -0.4 is 0 Å². The molecular formula is C18H21F3N2O4. The summed E-state index contributed by atoms with van der Waals surface area (Å²) in [4.78, 5) is 21.5. The maximum Gasteiger partial charge on any atom is 0.490 e. The van der Waals surface area contributed by atoms with Crippen LogP contribution >= 0.6 is 0 Å². The molecule has 148 valence electrons. The average molecular weight is 386 g/mol. The number of nitrogens with zero attached hydrogens (tertiary/aromatic N) is 2. The Morgan fingerprint density at radius 2 is 1.70 bits per heavy atom. The van der Waals surface area contributed by atoms with Crippen LogP contribution in [0.4, 0.5) is 13.2 Å². The molecule has 9 heteroatoms. The predicted molar refractivity (Wildman–Crippen MR) is 89.7 cm³/mol. The third-order valence-electron chi connectivity index (χ3n) is 4.45. The van der Waals surface area contributed by atoms with Crippen molar-refractivity contribution >= 4 is 11.9 Å². The fourth-order valence-corrected chi connectivity index (χ4v) is 3.07. The minimum absolute atomic E-state index is 0.0105. The van der Waals surface area contributed by atoms with E-state index in [0.29, 0.717) is 6.42 Å². The number of carboxylic acids is 2. The molecule has 6 nitrogen and oxygen atoms in total. The summed E-state index contributed by atoms with van der Waals surface area (Å²) in [6.07, 6.45) is -0.907. The first-order valence-electron chi connectivity index (χ1n) is 8.16. The Balaban J connectivity index is 0.000000445. The molecule has 1 saturated heterocycles. The molecule has 2 unspecified atom stereocenters. The molecule has 0 bridgehead atoms. The normalized spacial score (nSPS) is 19.6. The van der Waals surface area contributed by atoms with E-state index in [9.17, 15) is 23.2 Å². The molecule has 2 atom stereocenters. The molecule has 1 fully saturated rings. The van der Waals surface area contributed by atoms with Crippen molar-refractivity contribution in [3.8, 4) is 6.19 Å². The van der Waals surface area contributed by atoms with Gasteiger partial charge in [0.2, 0.25) is 0 Å². The monoisotopic (exact) mass is 386 g/mol. The molecule has 1 heterocycles. The van der Waals surface area contributed by atoms with E-state index in [0.717, 1.165) is 12.8 Å². The summed E-state index contributed by atoms with van der Waals surface area (Å²) in [5.74, 6) is -3.65. The number of hydrogen-bond donors (Lipinski definition) is 2. The first kappa shape index (κ1) is 22.3. The van der Waals surface area contributed by atoms with Crippen molar-refractivity contribution in [3.63, 3.8) is 0 Å². The van der Waals surface area contributed by atoms with Crippen LogP contribution in [0.1, 0.15) is 38.7 Å². The molecule has 1 aliphatic rings. The largest absolute Gasteiger partial charge is 0.490 e. The zero-order chi connectivity index (χ0) is 20.8. The van der Waals surface area contributed by atoms with Gasteiger partial charge in [-0.1, -0.05) is 44.2 Å². The highest BCUT2D eigenvalue weighted by Gasteiger charge is 2.40. The van der Waals surface area contributed by atoms with Gasteiger partial charge in [-0.3, -0.25) is 4.90 Å². The number of likely N-dealkylation sites (tertiary alicyclic amines) is 1. The second-order valence-corrected chi connectivity index (χ2v) is 6.85. The molecule has 0 aliphatic carbocycles. The average Bonchev–Trinajstić information content (AvgIpc) is 2.97. The van der Waals surface area contributed by atoms with Gasteiger partial charge in [0.05, 0.1) is 0 Å². The number of halogens is 3. The highest BCUT2D eigenvalue weighted by Crippen LogP contribution is 2.35. The highest BCUT2D eigenvalue weighted by atomic mass is 19.4. The van der Waals surface area contributed by atoms with Gasteiger partial charge in [0.15, 0.2) is 6.19 Å². The van der Waals surface area contributed by atoms with Crippen molar-refractivity contribution in [3.05, 3.63) is 35.9 Å². The number of alkyl halides is 3. The van der Waals surface area contributed by atoms with E-state index in [1.54, 1.807) is 0 Å².